The van der Waals surface area contributed by atoms with E-state index < -0.39 is 40.3 Å². The first-order valence-corrected chi connectivity index (χ1v) is 7.09. The second kappa shape index (κ2) is 5.68. The van der Waals surface area contributed by atoms with Crippen molar-refractivity contribution in [1.82, 2.24) is 9.88 Å². The molecule has 1 rings (SSSR count). The molecular formula is C10H16N2O6S. The smallest absolute Gasteiger partial charge is 0.306 e. The Morgan fingerprint density at radius 2 is 2.21 bits per heavy atom. The van der Waals surface area contributed by atoms with Gasteiger partial charge in [0.2, 0.25) is 10.0 Å². The number of aliphatic carboxylic acids is 1. The third-order valence-corrected chi connectivity index (χ3v) is 3.48. The van der Waals surface area contributed by atoms with Crippen LogP contribution in [0, 0.1) is 6.92 Å². The number of nitrogens with one attached hydrogen (secondary N) is 1. The molecule has 1 aromatic rings. The van der Waals surface area contributed by atoms with Crippen molar-refractivity contribution in [2.75, 3.05) is 6.54 Å². The van der Waals surface area contributed by atoms with Crippen molar-refractivity contribution in [1.29, 1.82) is 0 Å². The fourth-order valence-electron chi connectivity index (χ4n) is 1.39. The van der Waals surface area contributed by atoms with Gasteiger partial charge in [0.05, 0.1) is 12.0 Å². The molecule has 9 heteroatoms. The zero-order valence-corrected chi connectivity index (χ0v) is 11.4. The highest BCUT2D eigenvalue weighted by atomic mass is 32.2. The van der Waals surface area contributed by atoms with Gasteiger partial charge >= 0.3 is 5.97 Å². The third-order valence-electron chi connectivity index (χ3n) is 2.22. The Balaban J connectivity index is 2.58. The van der Waals surface area contributed by atoms with Crippen LogP contribution in [0.1, 0.15) is 24.8 Å². The molecule has 108 valence electrons. The lowest BCUT2D eigenvalue weighted by atomic mass is 10.0. The van der Waals surface area contributed by atoms with Crippen LogP contribution in [0.25, 0.3) is 0 Å². The van der Waals surface area contributed by atoms with Crippen molar-refractivity contribution in [2.45, 2.75) is 31.6 Å². The maximum atomic E-state index is 11.7. The van der Waals surface area contributed by atoms with Crippen LogP contribution in [-0.2, 0) is 20.6 Å². The van der Waals surface area contributed by atoms with Gasteiger partial charge in [-0.3, -0.25) is 4.79 Å². The van der Waals surface area contributed by atoms with E-state index in [9.17, 15) is 18.3 Å². The van der Waals surface area contributed by atoms with Gasteiger partial charge in [0, 0.05) is 12.6 Å². The number of carbonyl (C=O) groups is 1. The molecule has 0 saturated carbocycles. The van der Waals surface area contributed by atoms with Crippen molar-refractivity contribution >= 4 is 16.0 Å². The normalized spacial score (nSPS) is 15.1. The zero-order valence-electron chi connectivity index (χ0n) is 10.6. The Morgan fingerprint density at radius 1 is 1.58 bits per heavy atom. The highest BCUT2D eigenvalue weighted by Gasteiger charge is 2.26. The average Bonchev–Trinajstić information content (AvgIpc) is 2.59. The van der Waals surface area contributed by atoms with Crippen molar-refractivity contribution < 1.29 is 27.9 Å². The lowest BCUT2D eigenvalue weighted by Crippen LogP contribution is -2.42. The summed E-state index contributed by atoms with van der Waals surface area (Å²) in [6.45, 7) is 2.48. The van der Waals surface area contributed by atoms with Crippen LogP contribution in [-0.4, -0.2) is 41.9 Å². The van der Waals surface area contributed by atoms with E-state index in [0.717, 1.165) is 0 Å². The first kappa shape index (κ1) is 15.6. The molecule has 8 nitrogen and oxygen atoms in total. The van der Waals surface area contributed by atoms with Crippen LogP contribution in [0.3, 0.4) is 0 Å². The summed E-state index contributed by atoms with van der Waals surface area (Å²) in [6, 6.07) is 1.48. The van der Waals surface area contributed by atoms with Gasteiger partial charge in [0.15, 0.2) is 0 Å². The number of aryl methyl sites for hydroxylation is 1. The van der Waals surface area contributed by atoms with Crippen LogP contribution < -0.4 is 4.72 Å². The minimum atomic E-state index is -3.72. The Kier molecular flexibility index (Phi) is 4.66. The van der Waals surface area contributed by atoms with Crippen LogP contribution in [0.5, 0.6) is 0 Å². The summed E-state index contributed by atoms with van der Waals surface area (Å²) in [5.74, 6) is -1.12. The molecule has 1 unspecified atom stereocenters. The molecule has 0 aromatic carbocycles. The fraction of sp³-hybridized carbons (Fsp3) is 0.600. The highest BCUT2D eigenvalue weighted by Crippen LogP contribution is 2.10. The number of hydrogen-bond acceptors (Lipinski definition) is 6. The summed E-state index contributed by atoms with van der Waals surface area (Å²) in [6.07, 6.45) is -0.557. The van der Waals surface area contributed by atoms with E-state index in [1.165, 1.54) is 13.0 Å². The minimum Gasteiger partial charge on any atom is -0.481 e. The van der Waals surface area contributed by atoms with Gasteiger partial charge in [-0.25, -0.2) is 13.1 Å². The summed E-state index contributed by atoms with van der Waals surface area (Å²) >= 11 is 0. The number of carboxylic acids is 1. The molecule has 1 aromatic heterocycles. The van der Waals surface area contributed by atoms with Crippen molar-refractivity contribution in [3.05, 3.63) is 17.5 Å². The number of sulfonamides is 1. The van der Waals surface area contributed by atoms with E-state index in [1.807, 2.05) is 0 Å². The fourth-order valence-corrected chi connectivity index (χ4v) is 2.54. The van der Waals surface area contributed by atoms with Crippen LogP contribution in [0.2, 0.25) is 0 Å². The number of aromatic nitrogens is 1. The zero-order chi connectivity index (χ0) is 14.7. The molecule has 0 saturated heterocycles. The van der Waals surface area contributed by atoms with E-state index in [2.05, 4.69) is 9.88 Å². The summed E-state index contributed by atoms with van der Waals surface area (Å²) in [5, 5.41) is 21.8. The average molecular weight is 292 g/mol. The first-order chi connectivity index (χ1) is 8.60. The maximum Gasteiger partial charge on any atom is 0.306 e. The molecule has 1 heterocycles. The second-order valence-electron chi connectivity index (χ2n) is 4.58. The SMILES string of the molecule is Cc1cc(CS(=O)(=O)NCC(C)(O)CC(=O)O)no1. The molecule has 0 bridgehead atoms. The van der Waals surface area contributed by atoms with E-state index in [4.69, 9.17) is 9.63 Å². The summed E-state index contributed by atoms with van der Waals surface area (Å²) in [4.78, 5) is 10.5. The molecule has 0 spiro atoms. The quantitative estimate of drug-likeness (QED) is 0.625. The molecule has 1 atom stereocenters. The first-order valence-electron chi connectivity index (χ1n) is 5.43. The summed E-state index contributed by atoms with van der Waals surface area (Å²) in [5.41, 5.74) is -1.42. The van der Waals surface area contributed by atoms with Crippen LogP contribution in [0.15, 0.2) is 10.6 Å². The number of carboxylic acid groups (broad SMARTS) is 1. The predicted octanol–water partition coefficient (Wildman–Crippen LogP) is -0.372. The van der Waals surface area contributed by atoms with Crippen molar-refractivity contribution in [2.24, 2.45) is 0 Å². The van der Waals surface area contributed by atoms with Crippen LogP contribution in [0.4, 0.5) is 0 Å². The van der Waals surface area contributed by atoms with Crippen molar-refractivity contribution in [3.8, 4) is 0 Å². The lowest BCUT2D eigenvalue weighted by molar-refractivity contribution is -0.141. The molecule has 0 amide bonds. The van der Waals surface area contributed by atoms with Crippen LogP contribution >= 0.6 is 0 Å². The number of aliphatic hydroxyl groups is 1. The summed E-state index contributed by atoms with van der Waals surface area (Å²) < 4.78 is 30.3. The van der Waals surface area contributed by atoms with Gasteiger partial charge in [-0.2, -0.15) is 0 Å². The molecule has 0 aliphatic rings. The van der Waals surface area contributed by atoms with Gasteiger partial charge in [-0.05, 0) is 13.8 Å². The lowest BCUT2D eigenvalue weighted by Gasteiger charge is -2.21. The molecule has 0 radical (unpaired) electrons. The third kappa shape index (κ3) is 5.81. The molecule has 3 N–H and O–H groups in total. The number of nitrogens with zero attached hydrogens (tertiary/aromatic N) is 1. The van der Waals surface area contributed by atoms with Crippen molar-refractivity contribution in [3.63, 3.8) is 0 Å². The van der Waals surface area contributed by atoms with E-state index in [1.54, 1.807) is 6.92 Å². The molecule has 0 fully saturated rings. The van der Waals surface area contributed by atoms with E-state index in [-0.39, 0.29) is 5.69 Å². The Bertz CT molecular complexity index is 548. The molecule has 0 aliphatic heterocycles. The van der Waals surface area contributed by atoms with Gasteiger partial charge < -0.3 is 14.7 Å². The summed E-state index contributed by atoms with van der Waals surface area (Å²) in [7, 11) is -3.72. The van der Waals surface area contributed by atoms with E-state index >= 15 is 0 Å². The Hall–Kier alpha value is -1.45. The second-order valence-corrected chi connectivity index (χ2v) is 6.38. The molecule has 0 aliphatic carbocycles. The maximum absolute atomic E-state index is 11.7. The van der Waals surface area contributed by atoms with Gasteiger partial charge in [-0.15, -0.1) is 0 Å². The van der Waals surface area contributed by atoms with E-state index in [0.29, 0.717) is 5.76 Å². The highest BCUT2D eigenvalue weighted by molar-refractivity contribution is 7.88. The van der Waals surface area contributed by atoms with Gasteiger partial charge in [0.25, 0.3) is 0 Å². The number of rotatable bonds is 7. The largest absolute Gasteiger partial charge is 0.481 e. The minimum absolute atomic E-state index is 0.239. The van der Waals surface area contributed by atoms with Gasteiger partial charge in [0.1, 0.15) is 17.2 Å². The topological polar surface area (TPSA) is 130 Å². The predicted molar refractivity (Wildman–Crippen MR) is 64.7 cm³/mol. The molecule has 19 heavy (non-hydrogen) atoms. The Labute approximate surface area is 110 Å². The molecular weight excluding hydrogens is 276 g/mol. The Morgan fingerprint density at radius 3 is 2.68 bits per heavy atom. The van der Waals surface area contributed by atoms with Gasteiger partial charge in [-0.1, -0.05) is 5.16 Å². The number of hydrogen-bond donors (Lipinski definition) is 3. The monoisotopic (exact) mass is 292 g/mol. The standard InChI is InChI=1S/C10H16N2O6S/c1-7-3-8(12-18-7)5-19(16,17)11-6-10(2,15)4-9(13)14/h3,11,15H,4-6H2,1-2H3,(H,13,14).